The Balaban J connectivity index is 1.62. The summed E-state index contributed by atoms with van der Waals surface area (Å²) < 4.78 is 10.7. The van der Waals surface area contributed by atoms with Crippen molar-refractivity contribution in [2.24, 2.45) is 5.92 Å². The summed E-state index contributed by atoms with van der Waals surface area (Å²) in [5.41, 5.74) is 0. The normalized spacial score (nSPS) is 15.1. The molecule has 0 atom stereocenters. The third-order valence-corrected chi connectivity index (χ3v) is 4.05. The zero-order valence-corrected chi connectivity index (χ0v) is 15.1. The van der Waals surface area contributed by atoms with Crippen LogP contribution >= 0.6 is 0 Å². The molecule has 6 nitrogen and oxygen atoms in total. The van der Waals surface area contributed by atoms with Gasteiger partial charge in [-0.2, -0.15) is 0 Å². The molecule has 1 saturated heterocycles. The van der Waals surface area contributed by atoms with E-state index in [0.29, 0.717) is 38.6 Å². The molecule has 1 N–H and O–H groups in total. The zero-order chi connectivity index (χ0) is 18.1. The molecular formula is C19H28N2O4. The van der Waals surface area contributed by atoms with E-state index in [0.717, 1.165) is 18.6 Å². The second-order valence-electron chi connectivity index (χ2n) is 6.70. The van der Waals surface area contributed by atoms with E-state index in [-0.39, 0.29) is 18.0 Å². The van der Waals surface area contributed by atoms with E-state index in [1.165, 1.54) is 0 Å². The number of nitrogens with zero attached hydrogens (tertiary/aromatic N) is 1. The lowest BCUT2D eigenvalue weighted by Crippen LogP contribution is -2.47. The van der Waals surface area contributed by atoms with Gasteiger partial charge in [-0.15, -0.1) is 0 Å². The van der Waals surface area contributed by atoms with Gasteiger partial charge in [-0.3, -0.25) is 4.79 Å². The molecule has 1 aliphatic rings. The second kappa shape index (κ2) is 9.91. The van der Waals surface area contributed by atoms with Gasteiger partial charge in [0, 0.05) is 19.1 Å². The standard InChI is InChI=1S/C19H28N2O4/c1-15(2)14-25-19(23)20-16-8-11-21(12-9-16)18(22)10-13-24-17-6-4-3-5-7-17/h3-7,15-16H,8-14H2,1-2H3,(H,20,23). The highest BCUT2D eigenvalue weighted by atomic mass is 16.5. The summed E-state index contributed by atoms with van der Waals surface area (Å²) in [7, 11) is 0. The SMILES string of the molecule is CC(C)COC(=O)NC1CCN(C(=O)CCOc2ccccc2)CC1. The predicted octanol–water partition coefficient (Wildman–Crippen LogP) is 2.83. The number of rotatable bonds is 7. The number of ether oxygens (including phenoxy) is 2. The van der Waals surface area contributed by atoms with Gasteiger partial charge < -0.3 is 19.7 Å². The number of hydrogen-bond donors (Lipinski definition) is 1. The van der Waals surface area contributed by atoms with Crippen molar-refractivity contribution < 1.29 is 19.1 Å². The number of alkyl carbamates (subject to hydrolysis) is 1. The lowest BCUT2D eigenvalue weighted by molar-refractivity contribution is -0.132. The Bertz CT molecular complexity index is 540. The molecule has 0 radical (unpaired) electrons. The van der Waals surface area contributed by atoms with Crippen LogP contribution in [0.5, 0.6) is 5.75 Å². The third kappa shape index (κ3) is 7.03. The molecule has 0 aliphatic carbocycles. The minimum atomic E-state index is -0.366. The topological polar surface area (TPSA) is 67.9 Å². The van der Waals surface area contributed by atoms with Crippen LogP contribution in [0.3, 0.4) is 0 Å². The van der Waals surface area contributed by atoms with E-state index in [1.54, 1.807) is 0 Å². The average molecular weight is 348 g/mol. The Hall–Kier alpha value is -2.24. The van der Waals surface area contributed by atoms with E-state index < -0.39 is 0 Å². The number of carbonyl (C=O) groups excluding carboxylic acids is 2. The number of piperidine rings is 1. The summed E-state index contributed by atoms with van der Waals surface area (Å²) in [4.78, 5) is 25.7. The number of hydrogen-bond acceptors (Lipinski definition) is 4. The fraction of sp³-hybridized carbons (Fsp3) is 0.579. The largest absolute Gasteiger partial charge is 0.493 e. The minimum Gasteiger partial charge on any atom is -0.493 e. The van der Waals surface area contributed by atoms with Crippen molar-refractivity contribution >= 4 is 12.0 Å². The smallest absolute Gasteiger partial charge is 0.407 e. The summed E-state index contributed by atoms with van der Waals surface area (Å²) in [5.74, 6) is 1.19. The Morgan fingerprint density at radius 1 is 1.20 bits per heavy atom. The predicted molar refractivity (Wildman–Crippen MR) is 95.5 cm³/mol. The molecule has 2 rings (SSSR count). The van der Waals surface area contributed by atoms with Crippen molar-refractivity contribution in [3.8, 4) is 5.75 Å². The molecule has 0 bridgehead atoms. The number of para-hydroxylation sites is 1. The molecular weight excluding hydrogens is 320 g/mol. The molecule has 0 saturated carbocycles. The van der Waals surface area contributed by atoms with Gasteiger partial charge in [0.2, 0.25) is 5.91 Å². The number of likely N-dealkylation sites (tertiary alicyclic amines) is 1. The van der Waals surface area contributed by atoms with Gasteiger partial charge in [0.05, 0.1) is 19.6 Å². The number of carbonyl (C=O) groups is 2. The van der Waals surface area contributed by atoms with Crippen molar-refractivity contribution in [1.29, 1.82) is 0 Å². The van der Waals surface area contributed by atoms with Crippen molar-refractivity contribution in [2.45, 2.75) is 39.2 Å². The molecule has 1 aromatic rings. The molecule has 138 valence electrons. The number of nitrogens with one attached hydrogen (secondary N) is 1. The Morgan fingerprint density at radius 2 is 1.88 bits per heavy atom. The molecule has 0 unspecified atom stereocenters. The molecule has 6 heteroatoms. The van der Waals surface area contributed by atoms with Gasteiger partial charge in [0.25, 0.3) is 0 Å². The van der Waals surface area contributed by atoms with Crippen LogP contribution in [0.4, 0.5) is 4.79 Å². The summed E-state index contributed by atoms with van der Waals surface area (Å²) in [6.45, 7) is 6.10. The van der Waals surface area contributed by atoms with E-state index in [2.05, 4.69) is 5.32 Å². The quantitative estimate of drug-likeness (QED) is 0.823. The van der Waals surface area contributed by atoms with Crippen molar-refractivity contribution in [3.05, 3.63) is 30.3 Å². The maximum Gasteiger partial charge on any atom is 0.407 e. The van der Waals surface area contributed by atoms with Crippen molar-refractivity contribution in [2.75, 3.05) is 26.3 Å². The maximum atomic E-state index is 12.2. The molecule has 2 amide bonds. The molecule has 0 spiro atoms. The molecule has 1 fully saturated rings. The first kappa shape index (κ1) is 19.1. The van der Waals surface area contributed by atoms with Crippen LogP contribution in [0.25, 0.3) is 0 Å². The van der Waals surface area contributed by atoms with Crippen LogP contribution in [0.2, 0.25) is 0 Å². The van der Waals surface area contributed by atoms with Gasteiger partial charge in [0.15, 0.2) is 0 Å². The molecule has 0 aromatic heterocycles. The van der Waals surface area contributed by atoms with E-state index >= 15 is 0 Å². The Morgan fingerprint density at radius 3 is 2.52 bits per heavy atom. The van der Waals surface area contributed by atoms with Crippen LogP contribution in [0.1, 0.15) is 33.1 Å². The zero-order valence-electron chi connectivity index (χ0n) is 15.1. The van der Waals surface area contributed by atoms with Crippen LogP contribution in [-0.4, -0.2) is 49.2 Å². The highest BCUT2D eigenvalue weighted by molar-refractivity contribution is 5.76. The van der Waals surface area contributed by atoms with E-state index in [1.807, 2.05) is 49.1 Å². The van der Waals surface area contributed by atoms with E-state index in [9.17, 15) is 9.59 Å². The third-order valence-electron chi connectivity index (χ3n) is 4.05. The van der Waals surface area contributed by atoms with Crippen LogP contribution in [0.15, 0.2) is 30.3 Å². The summed E-state index contributed by atoms with van der Waals surface area (Å²) in [5, 5.41) is 2.87. The van der Waals surface area contributed by atoms with Gasteiger partial charge in [-0.25, -0.2) is 4.79 Å². The first-order chi connectivity index (χ1) is 12.0. The highest BCUT2D eigenvalue weighted by Gasteiger charge is 2.24. The number of benzene rings is 1. The first-order valence-electron chi connectivity index (χ1n) is 8.93. The lowest BCUT2D eigenvalue weighted by atomic mass is 10.1. The van der Waals surface area contributed by atoms with Gasteiger partial charge in [-0.1, -0.05) is 32.0 Å². The maximum absolute atomic E-state index is 12.2. The fourth-order valence-electron chi connectivity index (χ4n) is 2.65. The molecule has 25 heavy (non-hydrogen) atoms. The lowest BCUT2D eigenvalue weighted by Gasteiger charge is -2.32. The molecule has 1 aliphatic heterocycles. The fourth-order valence-corrected chi connectivity index (χ4v) is 2.65. The minimum absolute atomic E-state index is 0.0734. The summed E-state index contributed by atoms with van der Waals surface area (Å²) in [6, 6.07) is 9.56. The van der Waals surface area contributed by atoms with Crippen LogP contribution in [0, 0.1) is 5.92 Å². The van der Waals surface area contributed by atoms with Crippen LogP contribution in [-0.2, 0) is 9.53 Å². The van der Waals surface area contributed by atoms with Gasteiger partial charge >= 0.3 is 6.09 Å². The Labute approximate surface area is 149 Å². The summed E-state index contributed by atoms with van der Waals surface area (Å²) >= 11 is 0. The average Bonchev–Trinajstić information content (AvgIpc) is 2.61. The van der Waals surface area contributed by atoms with Gasteiger partial charge in [-0.05, 0) is 30.9 Å². The first-order valence-corrected chi connectivity index (χ1v) is 8.93. The Kier molecular flexibility index (Phi) is 7.57. The van der Waals surface area contributed by atoms with Crippen molar-refractivity contribution in [3.63, 3.8) is 0 Å². The van der Waals surface area contributed by atoms with E-state index in [4.69, 9.17) is 9.47 Å². The molecule has 1 aromatic carbocycles. The summed E-state index contributed by atoms with van der Waals surface area (Å²) in [6.07, 6.45) is 1.50. The van der Waals surface area contributed by atoms with Crippen molar-refractivity contribution in [1.82, 2.24) is 10.2 Å². The number of amides is 2. The second-order valence-corrected chi connectivity index (χ2v) is 6.70. The highest BCUT2D eigenvalue weighted by Crippen LogP contribution is 2.13. The van der Waals surface area contributed by atoms with Gasteiger partial charge in [0.1, 0.15) is 5.75 Å². The molecule has 1 heterocycles. The van der Waals surface area contributed by atoms with Crippen LogP contribution < -0.4 is 10.1 Å². The monoisotopic (exact) mass is 348 g/mol.